The van der Waals surface area contributed by atoms with Crippen molar-refractivity contribution in [3.8, 4) is 17.2 Å². The Hall–Kier alpha value is -1.67. The number of benzene rings is 2. The Morgan fingerprint density at radius 3 is 2.46 bits per heavy atom. The van der Waals surface area contributed by atoms with Gasteiger partial charge in [0.2, 0.25) is 10.0 Å². The molecule has 26 heavy (non-hydrogen) atoms. The first-order valence-corrected chi connectivity index (χ1v) is 10.0. The second-order valence-electron chi connectivity index (χ2n) is 5.64. The largest absolute Gasteiger partial charge is 0.495 e. The monoisotopic (exact) mass is 417 g/mol. The SMILES string of the molecule is COc1ccc(S(=O)(=O)N[C@H](C)c2ccc3c(c2)OCCO3)c(Cl)c1Cl. The van der Waals surface area contributed by atoms with Crippen molar-refractivity contribution in [2.24, 2.45) is 0 Å². The van der Waals surface area contributed by atoms with Crippen LogP contribution in [0.15, 0.2) is 35.2 Å². The van der Waals surface area contributed by atoms with Crippen molar-refractivity contribution in [3.05, 3.63) is 45.9 Å². The van der Waals surface area contributed by atoms with Crippen LogP contribution in [0.25, 0.3) is 0 Å². The maximum Gasteiger partial charge on any atom is 0.242 e. The molecule has 0 unspecified atom stereocenters. The molecule has 3 rings (SSSR count). The second-order valence-corrected chi connectivity index (χ2v) is 8.08. The molecule has 1 heterocycles. The van der Waals surface area contributed by atoms with E-state index in [1.165, 1.54) is 19.2 Å². The van der Waals surface area contributed by atoms with Gasteiger partial charge in [0, 0.05) is 6.04 Å². The molecule has 0 saturated heterocycles. The summed E-state index contributed by atoms with van der Waals surface area (Å²) in [6.45, 7) is 2.67. The normalized spacial score (nSPS) is 14.8. The van der Waals surface area contributed by atoms with E-state index in [1.807, 2.05) is 0 Å². The first-order valence-electron chi connectivity index (χ1n) is 7.77. The lowest BCUT2D eigenvalue weighted by Gasteiger charge is -2.21. The number of sulfonamides is 1. The summed E-state index contributed by atoms with van der Waals surface area (Å²) in [5, 5.41) is -0.0445. The van der Waals surface area contributed by atoms with Crippen LogP contribution in [-0.2, 0) is 10.0 Å². The van der Waals surface area contributed by atoms with E-state index in [0.717, 1.165) is 5.56 Å². The Bertz CT molecular complexity index is 933. The quantitative estimate of drug-likeness (QED) is 0.800. The molecule has 0 aliphatic carbocycles. The van der Waals surface area contributed by atoms with Crippen LogP contribution in [0, 0.1) is 0 Å². The predicted octanol–water partition coefficient (Wildman–Crippen LogP) is 3.81. The van der Waals surface area contributed by atoms with E-state index in [4.69, 9.17) is 37.4 Å². The van der Waals surface area contributed by atoms with Crippen molar-refractivity contribution in [1.29, 1.82) is 0 Å². The van der Waals surface area contributed by atoms with Gasteiger partial charge in [-0.1, -0.05) is 29.3 Å². The van der Waals surface area contributed by atoms with Crippen LogP contribution in [0.3, 0.4) is 0 Å². The zero-order chi connectivity index (χ0) is 18.9. The first-order chi connectivity index (χ1) is 12.3. The fourth-order valence-electron chi connectivity index (χ4n) is 2.57. The third-order valence-corrected chi connectivity index (χ3v) is 6.48. The molecule has 0 saturated carbocycles. The van der Waals surface area contributed by atoms with Crippen LogP contribution < -0.4 is 18.9 Å². The first kappa shape index (κ1) is 19.1. The summed E-state index contributed by atoms with van der Waals surface area (Å²) >= 11 is 12.2. The number of methoxy groups -OCH3 is 1. The maximum absolute atomic E-state index is 12.7. The third kappa shape index (κ3) is 3.71. The minimum absolute atomic E-state index is 0.0454. The summed E-state index contributed by atoms with van der Waals surface area (Å²) in [4.78, 5) is -0.116. The maximum atomic E-state index is 12.7. The van der Waals surface area contributed by atoms with Crippen LogP contribution in [0.5, 0.6) is 17.2 Å². The van der Waals surface area contributed by atoms with E-state index in [2.05, 4.69) is 4.72 Å². The number of rotatable bonds is 5. The summed E-state index contributed by atoms with van der Waals surface area (Å²) in [7, 11) is -2.48. The average molecular weight is 418 g/mol. The lowest BCUT2D eigenvalue weighted by atomic mass is 10.1. The van der Waals surface area contributed by atoms with E-state index in [1.54, 1.807) is 25.1 Å². The molecule has 2 aromatic rings. The standard InChI is InChI=1S/C17H17Cl2NO5S/c1-10(11-3-4-12-14(9-11)25-8-7-24-12)20-26(21,22)15-6-5-13(23-2)16(18)17(15)19/h3-6,9-10,20H,7-8H2,1-2H3/t10-/m1/s1. The van der Waals surface area contributed by atoms with Crippen LogP contribution in [-0.4, -0.2) is 28.7 Å². The molecule has 2 aromatic carbocycles. The topological polar surface area (TPSA) is 73.9 Å². The van der Waals surface area contributed by atoms with Gasteiger partial charge in [-0.25, -0.2) is 13.1 Å². The fraction of sp³-hybridized carbons (Fsp3) is 0.294. The number of hydrogen-bond donors (Lipinski definition) is 1. The summed E-state index contributed by atoms with van der Waals surface area (Å²) < 4.78 is 44.1. The Kier molecular flexibility index (Phi) is 5.53. The molecule has 140 valence electrons. The molecule has 0 amide bonds. The van der Waals surface area contributed by atoms with Gasteiger partial charge in [-0.05, 0) is 36.8 Å². The Morgan fingerprint density at radius 2 is 1.77 bits per heavy atom. The van der Waals surface area contributed by atoms with Gasteiger partial charge in [-0.15, -0.1) is 0 Å². The van der Waals surface area contributed by atoms with Crippen LogP contribution in [0.2, 0.25) is 10.0 Å². The van der Waals surface area contributed by atoms with Gasteiger partial charge in [0.1, 0.15) is 28.9 Å². The highest BCUT2D eigenvalue weighted by Crippen LogP contribution is 2.37. The van der Waals surface area contributed by atoms with Crippen molar-refractivity contribution >= 4 is 33.2 Å². The highest BCUT2D eigenvalue weighted by atomic mass is 35.5. The summed E-state index contributed by atoms with van der Waals surface area (Å²) in [5.74, 6) is 1.53. The smallest absolute Gasteiger partial charge is 0.242 e. The number of ether oxygens (including phenoxy) is 3. The van der Waals surface area contributed by atoms with Crippen LogP contribution in [0.4, 0.5) is 0 Å². The predicted molar refractivity (Wildman–Crippen MR) is 99.2 cm³/mol. The summed E-state index contributed by atoms with van der Waals surface area (Å²) in [6.07, 6.45) is 0. The number of fused-ring (bicyclic) bond motifs is 1. The summed E-state index contributed by atoms with van der Waals surface area (Å²) in [5.41, 5.74) is 0.730. The number of nitrogens with one attached hydrogen (secondary N) is 1. The fourth-order valence-corrected chi connectivity index (χ4v) is 4.65. The lowest BCUT2D eigenvalue weighted by Crippen LogP contribution is -2.27. The minimum atomic E-state index is -3.90. The Morgan fingerprint density at radius 1 is 1.08 bits per heavy atom. The van der Waals surface area contributed by atoms with Gasteiger partial charge in [-0.3, -0.25) is 0 Å². The van der Waals surface area contributed by atoms with Crippen LogP contribution >= 0.6 is 23.2 Å². The molecule has 1 aliphatic rings. The molecule has 1 atom stereocenters. The molecule has 0 spiro atoms. The van der Waals surface area contributed by atoms with Crippen molar-refractivity contribution in [2.45, 2.75) is 17.9 Å². The summed E-state index contributed by atoms with van der Waals surface area (Å²) in [6, 6.07) is 7.58. The van der Waals surface area contributed by atoms with E-state index >= 15 is 0 Å². The second kappa shape index (κ2) is 7.52. The molecule has 6 nitrogen and oxygen atoms in total. The van der Waals surface area contributed by atoms with Crippen molar-refractivity contribution in [3.63, 3.8) is 0 Å². The van der Waals surface area contributed by atoms with Gasteiger partial charge < -0.3 is 14.2 Å². The Labute approximate surface area is 162 Å². The van der Waals surface area contributed by atoms with Crippen molar-refractivity contribution in [1.82, 2.24) is 4.72 Å². The van der Waals surface area contributed by atoms with E-state index in [-0.39, 0.29) is 14.9 Å². The highest BCUT2D eigenvalue weighted by Gasteiger charge is 2.25. The minimum Gasteiger partial charge on any atom is -0.495 e. The highest BCUT2D eigenvalue weighted by molar-refractivity contribution is 7.89. The van der Waals surface area contributed by atoms with Gasteiger partial charge in [0.15, 0.2) is 11.5 Å². The molecular formula is C17H17Cl2NO5S. The average Bonchev–Trinajstić information content (AvgIpc) is 2.62. The zero-order valence-corrected chi connectivity index (χ0v) is 16.4. The molecule has 0 bridgehead atoms. The molecule has 0 radical (unpaired) electrons. The van der Waals surface area contributed by atoms with Crippen molar-refractivity contribution < 1.29 is 22.6 Å². The van der Waals surface area contributed by atoms with Gasteiger partial charge in [-0.2, -0.15) is 0 Å². The van der Waals surface area contributed by atoms with Gasteiger partial charge in [0.25, 0.3) is 0 Å². The zero-order valence-electron chi connectivity index (χ0n) is 14.1. The van der Waals surface area contributed by atoms with E-state index in [0.29, 0.717) is 30.5 Å². The number of hydrogen-bond acceptors (Lipinski definition) is 5. The molecule has 1 aliphatic heterocycles. The van der Waals surface area contributed by atoms with E-state index in [9.17, 15) is 8.42 Å². The van der Waals surface area contributed by atoms with Crippen LogP contribution in [0.1, 0.15) is 18.5 Å². The Balaban J connectivity index is 1.87. The van der Waals surface area contributed by atoms with Gasteiger partial charge >= 0.3 is 0 Å². The lowest BCUT2D eigenvalue weighted by molar-refractivity contribution is 0.171. The van der Waals surface area contributed by atoms with Crippen molar-refractivity contribution in [2.75, 3.05) is 20.3 Å². The molecule has 0 fully saturated rings. The van der Waals surface area contributed by atoms with E-state index < -0.39 is 16.1 Å². The molecule has 1 N–H and O–H groups in total. The molecular weight excluding hydrogens is 401 g/mol. The van der Waals surface area contributed by atoms with Gasteiger partial charge in [0.05, 0.1) is 12.1 Å². The molecule has 9 heteroatoms. The third-order valence-electron chi connectivity index (χ3n) is 3.92. The number of halogens is 2. The molecule has 0 aromatic heterocycles.